The van der Waals surface area contributed by atoms with E-state index >= 15 is 0 Å². The van der Waals surface area contributed by atoms with Crippen LogP contribution in [0.25, 0.3) is 0 Å². The molecule has 216 valence electrons. The molecular weight excluding hydrogens is 496 g/mol. The normalized spacial score (nSPS) is 31.8. The van der Waals surface area contributed by atoms with Crippen molar-refractivity contribution in [1.82, 2.24) is 0 Å². The zero-order valence-corrected chi connectivity index (χ0v) is 23.1. The first-order chi connectivity index (χ1) is 17.9. The topological polar surface area (TPSA) is 146 Å². The molecule has 38 heavy (non-hydrogen) atoms. The second-order valence-corrected chi connectivity index (χ2v) is 12.2. The average molecular weight is 541 g/mol. The van der Waals surface area contributed by atoms with Gasteiger partial charge in [-0.3, -0.25) is 19.2 Å². The number of aliphatic hydroxyl groups is 2. The van der Waals surface area contributed by atoms with Gasteiger partial charge in [0, 0.05) is 10.8 Å². The van der Waals surface area contributed by atoms with E-state index < -0.39 is 23.0 Å². The van der Waals surface area contributed by atoms with Crippen LogP contribution >= 0.6 is 0 Å². The van der Waals surface area contributed by atoms with Crippen LogP contribution in [0.15, 0.2) is 0 Å². The van der Waals surface area contributed by atoms with Gasteiger partial charge in [0.15, 0.2) is 0 Å². The Morgan fingerprint density at radius 3 is 1.08 bits per heavy atom. The van der Waals surface area contributed by atoms with E-state index in [2.05, 4.69) is 0 Å². The first-order valence-corrected chi connectivity index (χ1v) is 13.9. The molecule has 0 aromatic carbocycles. The lowest BCUT2D eigenvalue weighted by Crippen LogP contribution is -2.70. The molecule has 3 fully saturated rings. The number of aliphatic hydroxyl groups excluding tert-OH is 2. The summed E-state index contributed by atoms with van der Waals surface area (Å²) in [4.78, 5) is 50.1. The standard InChI is InChI=1S/C28H44O10/c1-27(2)25(37-23(33)19-9-5-17(6-10-19)21(31)35-15-13-29)28(3,4)26(27)38-24(34)20-11-7-18(8-12-20)22(32)36-16-14-30/h17-20,25-26,29-30H,5-16H2,1-4H3. The Morgan fingerprint density at radius 1 is 0.553 bits per heavy atom. The lowest BCUT2D eigenvalue weighted by Gasteiger charge is -2.61. The molecule has 3 rings (SSSR count). The number of carbonyl (C=O) groups is 4. The van der Waals surface area contributed by atoms with Crippen LogP contribution in [-0.2, 0) is 38.1 Å². The molecule has 0 bridgehead atoms. The SMILES string of the molecule is CC1(C)C(OC(=O)C2CCC(C(=O)OCCO)CC2)C(C)(C)C1OC(=O)C1CCC(C(=O)OCCO)CC1. The largest absolute Gasteiger partial charge is 0.463 e. The van der Waals surface area contributed by atoms with Gasteiger partial charge in [-0.2, -0.15) is 0 Å². The van der Waals surface area contributed by atoms with Gasteiger partial charge in [0.1, 0.15) is 25.4 Å². The molecule has 0 saturated heterocycles. The highest BCUT2D eigenvalue weighted by Crippen LogP contribution is 2.58. The van der Waals surface area contributed by atoms with E-state index in [0.29, 0.717) is 51.4 Å². The highest BCUT2D eigenvalue weighted by molar-refractivity contribution is 5.76. The summed E-state index contributed by atoms with van der Waals surface area (Å²) in [6, 6.07) is 0. The molecule has 0 aromatic rings. The molecule has 3 aliphatic rings. The minimum Gasteiger partial charge on any atom is -0.463 e. The maximum Gasteiger partial charge on any atom is 0.309 e. The second kappa shape index (κ2) is 12.8. The fourth-order valence-corrected chi connectivity index (χ4v) is 6.79. The minimum atomic E-state index is -0.564. The quantitative estimate of drug-likeness (QED) is 0.313. The zero-order valence-electron chi connectivity index (χ0n) is 23.1. The van der Waals surface area contributed by atoms with E-state index in [4.69, 9.17) is 29.2 Å². The van der Waals surface area contributed by atoms with E-state index in [9.17, 15) is 19.2 Å². The van der Waals surface area contributed by atoms with Crippen molar-refractivity contribution in [2.24, 2.45) is 34.5 Å². The zero-order chi connectivity index (χ0) is 28.1. The van der Waals surface area contributed by atoms with Gasteiger partial charge in [-0.1, -0.05) is 27.7 Å². The Kier molecular flexibility index (Phi) is 10.2. The number of carbonyl (C=O) groups excluding carboxylic acids is 4. The Balaban J connectivity index is 1.48. The van der Waals surface area contributed by atoms with Gasteiger partial charge < -0.3 is 29.2 Å². The fourth-order valence-electron chi connectivity index (χ4n) is 6.79. The third-order valence-corrected chi connectivity index (χ3v) is 8.63. The summed E-state index contributed by atoms with van der Waals surface area (Å²) < 4.78 is 22.0. The van der Waals surface area contributed by atoms with Crippen molar-refractivity contribution in [3.05, 3.63) is 0 Å². The van der Waals surface area contributed by atoms with E-state index in [1.807, 2.05) is 27.7 Å². The predicted octanol–water partition coefficient (Wildman–Crippen LogP) is 2.56. The predicted molar refractivity (Wildman–Crippen MR) is 134 cm³/mol. The van der Waals surface area contributed by atoms with Crippen molar-refractivity contribution in [3.8, 4) is 0 Å². The van der Waals surface area contributed by atoms with Crippen molar-refractivity contribution in [2.75, 3.05) is 26.4 Å². The van der Waals surface area contributed by atoms with Gasteiger partial charge in [-0.15, -0.1) is 0 Å². The third kappa shape index (κ3) is 6.68. The Hall–Kier alpha value is -2.20. The van der Waals surface area contributed by atoms with Crippen molar-refractivity contribution in [2.45, 2.75) is 91.3 Å². The third-order valence-electron chi connectivity index (χ3n) is 8.63. The first kappa shape index (κ1) is 30.3. The molecule has 10 heteroatoms. The Morgan fingerprint density at radius 2 is 0.816 bits per heavy atom. The molecule has 10 nitrogen and oxygen atoms in total. The Bertz CT molecular complexity index is 768. The van der Waals surface area contributed by atoms with Crippen LogP contribution < -0.4 is 0 Å². The molecule has 0 heterocycles. The van der Waals surface area contributed by atoms with Crippen LogP contribution in [0.1, 0.15) is 79.1 Å². The minimum absolute atomic E-state index is 0.0142. The summed E-state index contributed by atoms with van der Waals surface area (Å²) in [7, 11) is 0. The number of hydrogen-bond acceptors (Lipinski definition) is 10. The molecule has 0 radical (unpaired) electrons. The maximum atomic E-state index is 13.0. The van der Waals surface area contributed by atoms with Gasteiger partial charge in [0.25, 0.3) is 0 Å². The number of ether oxygens (including phenoxy) is 4. The second-order valence-electron chi connectivity index (χ2n) is 12.2. The van der Waals surface area contributed by atoms with Crippen molar-refractivity contribution in [1.29, 1.82) is 0 Å². The summed E-state index contributed by atoms with van der Waals surface area (Å²) in [5.41, 5.74) is -1.13. The number of hydrogen-bond donors (Lipinski definition) is 2. The highest BCUT2D eigenvalue weighted by Gasteiger charge is 2.66. The first-order valence-electron chi connectivity index (χ1n) is 13.9. The molecule has 3 saturated carbocycles. The van der Waals surface area contributed by atoms with Gasteiger partial charge >= 0.3 is 23.9 Å². The molecule has 3 aliphatic carbocycles. The van der Waals surface area contributed by atoms with E-state index in [0.717, 1.165) is 0 Å². The van der Waals surface area contributed by atoms with Crippen LogP contribution in [0.2, 0.25) is 0 Å². The lowest BCUT2D eigenvalue weighted by molar-refractivity contribution is -0.271. The fraction of sp³-hybridized carbons (Fsp3) is 0.857. The van der Waals surface area contributed by atoms with Crippen LogP contribution in [0.3, 0.4) is 0 Å². The average Bonchev–Trinajstić information content (AvgIpc) is 2.91. The number of esters is 4. The van der Waals surface area contributed by atoms with Crippen LogP contribution in [-0.4, -0.2) is 72.7 Å². The van der Waals surface area contributed by atoms with Crippen LogP contribution in [0.5, 0.6) is 0 Å². The highest BCUT2D eigenvalue weighted by atomic mass is 16.6. The molecule has 0 unspecified atom stereocenters. The summed E-state index contributed by atoms with van der Waals surface area (Å²) in [6.45, 7) is 7.32. The molecule has 0 amide bonds. The van der Waals surface area contributed by atoms with Gasteiger partial charge in [0.2, 0.25) is 0 Å². The van der Waals surface area contributed by atoms with E-state index in [1.54, 1.807) is 0 Å². The molecular formula is C28H44O10. The van der Waals surface area contributed by atoms with Crippen LogP contribution in [0.4, 0.5) is 0 Å². The molecule has 0 aliphatic heterocycles. The van der Waals surface area contributed by atoms with Crippen molar-refractivity contribution >= 4 is 23.9 Å². The molecule has 0 spiro atoms. The monoisotopic (exact) mass is 540 g/mol. The van der Waals surface area contributed by atoms with Crippen LogP contribution in [0, 0.1) is 34.5 Å². The molecule has 0 aromatic heterocycles. The summed E-state index contributed by atoms with van der Waals surface area (Å²) in [6.07, 6.45) is 3.49. The van der Waals surface area contributed by atoms with Crippen molar-refractivity contribution < 1.29 is 48.3 Å². The number of rotatable bonds is 10. The van der Waals surface area contributed by atoms with Crippen molar-refractivity contribution in [3.63, 3.8) is 0 Å². The molecule has 2 N–H and O–H groups in total. The van der Waals surface area contributed by atoms with Gasteiger partial charge in [-0.05, 0) is 51.4 Å². The summed E-state index contributed by atoms with van der Waals surface area (Å²) in [5, 5.41) is 17.6. The summed E-state index contributed by atoms with van der Waals surface area (Å²) >= 11 is 0. The van der Waals surface area contributed by atoms with E-state index in [1.165, 1.54) is 0 Å². The lowest BCUT2D eigenvalue weighted by atomic mass is 9.51. The van der Waals surface area contributed by atoms with E-state index in [-0.39, 0.29) is 74.0 Å². The van der Waals surface area contributed by atoms with Gasteiger partial charge in [-0.25, -0.2) is 0 Å². The summed E-state index contributed by atoms with van der Waals surface area (Å²) in [5.74, 6) is -2.31. The van der Waals surface area contributed by atoms with Gasteiger partial charge in [0.05, 0.1) is 36.9 Å². The molecule has 0 atom stereocenters. The smallest absolute Gasteiger partial charge is 0.309 e. The maximum absolute atomic E-state index is 13.0. The Labute approximate surface area is 224 Å².